The number of carboxylic acids is 1. The number of nitrogens with two attached hydrogens (primary N) is 1. The van der Waals surface area contributed by atoms with Gasteiger partial charge in [0.05, 0.1) is 6.42 Å². The Morgan fingerprint density at radius 1 is 1.64 bits per heavy atom. The topological polar surface area (TPSA) is 63.3 Å². The summed E-state index contributed by atoms with van der Waals surface area (Å²) in [7, 11) is 0. The maximum absolute atomic E-state index is 13.2. The minimum Gasteiger partial charge on any atom is -0.481 e. The highest BCUT2D eigenvalue weighted by Crippen LogP contribution is 2.21. The minimum absolute atomic E-state index is 0.218. The zero-order chi connectivity index (χ0) is 10.7. The summed E-state index contributed by atoms with van der Waals surface area (Å²) in [5.74, 6) is -1.53. The van der Waals surface area contributed by atoms with Gasteiger partial charge in [0.2, 0.25) is 0 Å². The van der Waals surface area contributed by atoms with Crippen molar-refractivity contribution in [1.29, 1.82) is 0 Å². The quantitative estimate of drug-likeness (QED) is 0.876. The Morgan fingerprint density at radius 2 is 2.29 bits per heavy atom. The lowest BCUT2D eigenvalue weighted by Crippen LogP contribution is -2.16. The Bertz CT molecular complexity index is 357. The maximum atomic E-state index is 13.2. The van der Waals surface area contributed by atoms with E-state index < -0.39 is 17.8 Å². The lowest BCUT2D eigenvalue weighted by Gasteiger charge is -2.10. The Balaban J connectivity index is 2.90. The molecule has 0 fully saturated rings. The van der Waals surface area contributed by atoms with Crippen LogP contribution in [-0.4, -0.2) is 11.1 Å². The summed E-state index contributed by atoms with van der Waals surface area (Å²) in [6.45, 7) is 0. The van der Waals surface area contributed by atoms with Crippen LogP contribution in [0.3, 0.4) is 0 Å². The van der Waals surface area contributed by atoms with Crippen LogP contribution in [0.15, 0.2) is 22.7 Å². The second-order valence-electron chi connectivity index (χ2n) is 2.87. The van der Waals surface area contributed by atoms with Gasteiger partial charge >= 0.3 is 5.97 Å². The molecule has 0 aromatic heterocycles. The number of halogens is 2. The Kier molecular flexibility index (Phi) is 3.60. The van der Waals surface area contributed by atoms with Gasteiger partial charge in [-0.15, -0.1) is 0 Å². The average molecular weight is 262 g/mol. The van der Waals surface area contributed by atoms with E-state index >= 15 is 0 Å². The van der Waals surface area contributed by atoms with Crippen LogP contribution < -0.4 is 5.73 Å². The second kappa shape index (κ2) is 4.52. The van der Waals surface area contributed by atoms with Crippen molar-refractivity contribution < 1.29 is 14.3 Å². The predicted molar refractivity (Wildman–Crippen MR) is 53.3 cm³/mol. The molecule has 0 amide bonds. The van der Waals surface area contributed by atoms with Crippen molar-refractivity contribution in [2.45, 2.75) is 12.5 Å². The molecule has 1 unspecified atom stereocenters. The second-order valence-corrected chi connectivity index (χ2v) is 3.79. The Labute approximate surface area is 88.9 Å². The molecule has 1 atom stereocenters. The fourth-order valence-corrected chi connectivity index (χ4v) is 1.43. The van der Waals surface area contributed by atoms with Gasteiger partial charge in [-0.1, -0.05) is 22.0 Å². The molecule has 0 heterocycles. The van der Waals surface area contributed by atoms with Crippen molar-refractivity contribution in [2.24, 2.45) is 5.73 Å². The molecule has 0 radical (unpaired) electrons. The highest BCUT2D eigenvalue weighted by Gasteiger charge is 2.14. The number of carboxylic acid groups (broad SMARTS) is 1. The van der Waals surface area contributed by atoms with Gasteiger partial charge in [0.15, 0.2) is 0 Å². The molecular weight excluding hydrogens is 253 g/mol. The van der Waals surface area contributed by atoms with Crippen LogP contribution in [0.2, 0.25) is 0 Å². The van der Waals surface area contributed by atoms with E-state index in [1.54, 1.807) is 6.07 Å². The molecule has 0 aliphatic heterocycles. The molecule has 0 aliphatic carbocycles. The maximum Gasteiger partial charge on any atom is 0.305 e. The van der Waals surface area contributed by atoms with Gasteiger partial charge in [-0.05, 0) is 12.1 Å². The molecular formula is C9H9BrFNO2. The minimum atomic E-state index is -1.04. The molecule has 5 heteroatoms. The zero-order valence-electron chi connectivity index (χ0n) is 7.21. The number of carbonyl (C=O) groups is 1. The van der Waals surface area contributed by atoms with Crippen LogP contribution in [0.1, 0.15) is 18.0 Å². The van der Waals surface area contributed by atoms with Crippen molar-refractivity contribution in [1.82, 2.24) is 0 Å². The predicted octanol–water partition coefficient (Wildman–Crippen LogP) is 2.06. The lowest BCUT2D eigenvalue weighted by atomic mass is 10.0. The zero-order valence-corrected chi connectivity index (χ0v) is 8.79. The first kappa shape index (κ1) is 11.1. The van der Waals surface area contributed by atoms with E-state index in [9.17, 15) is 9.18 Å². The molecule has 0 aliphatic rings. The van der Waals surface area contributed by atoms with Gasteiger partial charge in [-0.3, -0.25) is 4.79 Å². The third kappa shape index (κ3) is 2.78. The van der Waals surface area contributed by atoms with E-state index in [1.165, 1.54) is 12.1 Å². The number of hydrogen-bond donors (Lipinski definition) is 2. The van der Waals surface area contributed by atoms with Gasteiger partial charge in [0.25, 0.3) is 0 Å². The number of benzene rings is 1. The summed E-state index contributed by atoms with van der Waals surface area (Å²) in [4.78, 5) is 10.3. The summed E-state index contributed by atoms with van der Waals surface area (Å²) in [6, 6.07) is 3.56. The summed E-state index contributed by atoms with van der Waals surface area (Å²) in [6.07, 6.45) is -0.279. The molecule has 1 aromatic carbocycles. The average Bonchev–Trinajstić information content (AvgIpc) is 2.01. The van der Waals surface area contributed by atoms with E-state index in [-0.39, 0.29) is 12.0 Å². The van der Waals surface area contributed by atoms with Crippen LogP contribution in [0.25, 0.3) is 0 Å². The first-order valence-electron chi connectivity index (χ1n) is 3.93. The van der Waals surface area contributed by atoms with Crippen LogP contribution in [-0.2, 0) is 4.79 Å². The number of aliphatic carboxylic acids is 1. The summed E-state index contributed by atoms with van der Waals surface area (Å²) in [5.41, 5.74) is 5.73. The standard InChI is InChI=1S/C9H9BrFNO2/c10-5-1-2-6(7(11)3-5)8(12)4-9(13)14/h1-3,8H,4,12H2,(H,13,14). The Hall–Kier alpha value is -0.940. The fraction of sp³-hybridized carbons (Fsp3) is 0.222. The summed E-state index contributed by atoms with van der Waals surface area (Å²) < 4.78 is 13.8. The van der Waals surface area contributed by atoms with Crippen molar-refractivity contribution in [3.05, 3.63) is 34.1 Å². The summed E-state index contributed by atoms with van der Waals surface area (Å²) >= 11 is 3.10. The van der Waals surface area contributed by atoms with Crippen molar-refractivity contribution in [3.63, 3.8) is 0 Å². The first-order chi connectivity index (χ1) is 6.50. The van der Waals surface area contributed by atoms with E-state index in [2.05, 4.69) is 15.9 Å². The number of hydrogen-bond acceptors (Lipinski definition) is 2. The van der Waals surface area contributed by atoms with Gasteiger partial charge in [0, 0.05) is 16.1 Å². The van der Waals surface area contributed by atoms with Gasteiger partial charge in [0.1, 0.15) is 5.82 Å². The van der Waals surface area contributed by atoms with Crippen molar-refractivity contribution in [2.75, 3.05) is 0 Å². The van der Waals surface area contributed by atoms with Crippen molar-refractivity contribution >= 4 is 21.9 Å². The van der Waals surface area contributed by atoms with Gasteiger partial charge < -0.3 is 10.8 Å². The largest absolute Gasteiger partial charge is 0.481 e. The van der Waals surface area contributed by atoms with Crippen molar-refractivity contribution in [3.8, 4) is 0 Å². The molecule has 76 valence electrons. The normalized spacial score (nSPS) is 12.5. The Morgan fingerprint density at radius 3 is 2.79 bits per heavy atom. The van der Waals surface area contributed by atoms with Gasteiger partial charge in [-0.2, -0.15) is 0 Å². The molecule has 14 heavy (non-hydrogen) atoms. The molecule has 3 N–H and O–H groups in total. The molecule has 3 nitrogen and oxygen atoms in total. The van der Waals surface area contributed by atoms with E-state index in [1.807, 2.05) is 0 Å². The molecule has 1 rings (SSSR count). The molecule has 0 saturated carbocycles. The molecule has 0 saturated heterocycles. The highest BCUT2D eigenvalue weighted by molar-refractivity contribution is 9.10. The monoisotopic (exact) mass is 261 g/mol. The van der Waals surface area contributed by atoms with Crippen LogP contribution >= 0.6 is 15.9 Å². The first-order valence-corrected chi connectivity index (χ1v) is 4.72. The van der Waals surface area contributed by atoms with Gasteiger partial charge in [-0.25, -0.2) is 4.39 Å². The van der Waals surface area contributed by atoms with E-state index in [4.69, 9.17) is 10.8 Å². The van der Waals surface area contributed by atoms with E-state index in [0.29, 0.717) is 4.47 Å². The third-order valence-corrected chi connectivity index (χ3v) is 2.25. The lowest BCUT2D eigenvalue weighted by molar-refractivity contribution is -0.137. The third-order valence-electron chi connectivity index (χ3n) is 1.76. The summed E-state index contributed by atoms with van der Waals surface area (Å²) in [5, 5.41) is 8.48. The fourth-order valence-electron chi connectivity index (χ4n) is 1.10. The smallest absolute Gasteiger partial charge is 0.305 e. The highest BCUT2D eigenvalue weighted by atomic mass is 79.9. The molecule has 1 aromatic rings. The van der Waals surface area contributed by atoms with Crippen LogP contribution in [0, 0.1) is 5.82 Å². The van der Waals surface area contributed by atoms with E-state index in [0.717, 1.165) is 0 Å². The molecule has 0 spiro atoms. The van der Waals surface area contributed by atoms with Crippen LogP contribution in [0.5, 0.6) is 0 Å². The SMILES string of the molecule is NC(CC(=O)O)c1ccc(Br)cc1F. The molecule has 0 bridgehead atoms. The number of rotatable bonds is 3. The van der Waals surface area contributed by atoms with Crippen LogP contribution in [0.4, 0.5) is 4.39 Å².